The van der Waals surface area contributed by atoms with E-state index in [1.165, 1.54) is 25.7 Å². The molecule has 6 nitrogen and oxygen atoms in total. The minimum Gasteiger partial charge on any atom is -0.497 e. The van der Waals surface area contributed by atoms with Crippen molar-refractivity contribution in [1.82, 2.24) is 15.3 Å². The summed E-state index contributed by atoms with van der Waals surface area (Å²) in [6.07, 6.45) is 5.72. The average Bonchev–Trinajstić information content (AvgIpc) is 3.06. The summed E-state index contributed by atoms with van der Waals surface area (Å²) in [4.78, 5) is 21.5. The van der Waals surface area contributed by atoms with Gasteiger partial charge in [-0.3, -0.25) is 4.79 Å². The Labute approximate surface area is 154 Å². The van der Waals surface area contributed by atoms with Crippen LogP contribution in [-0.2, 0) is 9.53 Å². The van der Waals surface area contributed by atoms with Crippen molar-refractivity contribution < 1.29 is 9.53 Å². The van der Waals surface area contributed by atoms with Crippen LogP contribution in [0.2, 0.25) is 0 Å². The third kappa shape index (κ3) is 2.95. The number of ether oxygens (including phenoxy) is 1. The molecule has 1 spiro atoms. The molecule has 3 aliphatic rings. The molecule has 0 bridgehead atoms. The predicted octanol–water partition coefficient (Wildman–Crippen LogP) is 2.88. The van der Waals surface area contributed by atoms with Gasteiger partial charge < -0.3 is 15.4 Å². The van der Waals surface area contributed by atoms with Gasteiger partial charge in [-0.2, -0.15) is 0 Å². The largest absolute Gasteiger partial charge is 0.497 e. The van der Waals surface area contributed by atoms with Crippen LogP contribution in [0.15, 0.2) is 17.4 Å². The Balaban J connectivity index is 1.42. The molecular weight excluding hydrogens is 328 g/mol. The van der Waals surface area contributed by atoms with E-state index in [1.54, 1.807) is 0 Å². The van der Waals surface area contributed by atoms with Crippen molar-refractivity contribution >= 4 is 11.9 Å². The van der Waals surface area contributed by atoms with E-state index in [9.17, 15) is 4.79 Å². The normalized spacial score (nSPS) is 25.7. The van der Waals surface area contributed by atoms with Gasteiger partial charge in [-0.15, -0.1) is 0 Å². The van der Waals surface area contributed by atoms with Crippen molar-refractivity contribution in [3.63, 3.8) is 0 Å². The topological polar surface area (TPSA) is 76.1 Å². The lowest BCUT2D eigenvalue weighted by Gasteiger charge is -2.33. The Bertz CT molecular complexity index is 749. The van der Waals surface area contributed by atoms with Crippen molar-refractivity contribution in [2.24, 2.45) is 10.8 Å². The van der Waals surface area contributed by atoms with E-state index in [-0.39, 0.29) is 11.3 Å². The van der Waals surface area contributed by atoms with E-state index in [0.717, 1.165) is 29.3 Å². The lowest BCUT2D eigenvalue weighted by molar-refractivity contribution is -0.118. The van der Waals surface area contributed by atoms with Gasteiger partial charge in [0.15, 0.2) is 0 Å². The van der Waals surface area contributed by atoms with E-state index < -0.39 is 0 Å². The van der Waals surface area contributed by atoms with E-state index in [1.807, 2.05) is 26.8 Å². The summed E-state index contributed by atoms with van der Waals surface area (Å²) in [5.74, 6) is 1.49. The predicted molar refractivity (Wildman–Crippen MR) is 99.6 cm³/mol. The SMILES string of the molecule is CC1=C(C(=O)NCC2(CNc3nc(C)cc(C)n3)CC23CCC3)CCO1. The second-order valence-corrected chi connectivity index (χ2v) is 8.23. The summed E-state index contributed by atoms with van der Waals surface area (Å²) < 4.78 is 5.43. The highest BCUT2D eigenvalue weighted by molar-refractivity contribution is 5.94. The Hall–Kier alpha value is -2.11. The van der Waals surface area contributed by atoms with Gasteiger partial charge in [0.1, 0.15) is 5.76 Å². The molecule has 140 valence electrons. The summed E-state index contributed by atoms with van der Waals surface area (Å²) >= 11 is 0. The Morgan fingerprint density at radius 1 is 1.19 bits per heavy atom. The molecule has 2 saturated carbocycles. The molecule has 2 fully saturated rings. The van der Waals surface area contributed by atoms with Crippen LogP contribution in [0.4, 0.5) is 5.95 Å². The lowest BCUT2D eigenvalue weighted by atomic mass is 9.75. The third-order valence-corrected chi connectivity index (χ3v) is 6.51. The standard InChI is InChI=1S/C20H28N4O2/c1-13-9-14(2)24-18(23-13)22-12-20(10-19(20)6-4-7-19)11-21-17(25)16-5-8-26-15(16)3/h9H,4-8,10-12H2,1-3H3,(H,21,25)(H,22,23,24). The minimum atomic E-state index is 0.0309. The number of hydrogen-bond donors (Lipinski definition) is 2. The molecule has 0 aromatic carbocycles. The molecule has 4 rings (SSSR count). The molecule has 2 N–H and O–H groups in total. The molecule has 1 amide bonds. The van der Waals surface area contributed by atoms with Crippen LogP contribution in [0, 0.1) is 24.7 Å². The van der Waals surface area contributed by atoms with Crippen molar-refractivity contribution in [1.29, 1.82) is 0 Å². The number of nitrogens with zero attached hydrogens (tertiary/aromatic N) is 2. The number of allylic oxidation sites excluding steroid dienone is 1. The number of carbonyl (C=O) groups excluding carboxylic acids is 1. The first-order valence-electron chi connectivity index (χ1n) is 9.60. The zero-order valence-corrected chi connectivity index (χ0v) is 15.9. The van der Waals surface area contributed by atoms with Gasteiger partial charge in [0, 0.05) is 36.3 Å². The van der Waals surface area contributed by atoms with Gasteiger partial charge in [0.2, 0.25) is 5.95 Å². The molecule has 0 radical (unpaired) electrons. The number of aryl methyl sites for hydroxylation is 2. The zero-order valence-electron chi connectivity index (χ0n) is 15.9. The quantitative estimate of drug-likeness (QED) is 0.820. The highest BCUT2D eigenvalue weighted by atomic mass is 16.5. The molecular formula is C20H28N4O2. The fourth-order valence-corrected chi connectivity index (χ4v) is 4.73. The molecule has 1 atom stereocenters. The van der Waals surface area contributed by atoms with Crippen LogP contribution in [-0.4, -0.2) is 35.6 Å². The summed E-state index contributed by atoms with van der Waals surface area (Å²) in [6, 6.07) is 1.98. The first kappa shape index (κ1) is 17.3. The zero-order chi connectivity index (χ0) is 18.4. The van der Waals surface area contributed by atoms with Crippen molar-refractivity contribution in [3.8, 4) is 0 Å². The summed E-state index contributed by atoms with van der Waals surface area (Å²) in [7, 11) is 0. The number of amides is 1. The average molecular weight is 356 g/mol. The Morgan fingerprint density at radius 2 is 1.92 bits per heavy atom. The van der Waals surface area contributed by atoms with Crippen LogP contribution in [0.25, 0.3) is 0 Å². The summed E-state index contributed by atoms with van der Waals surface area (Å²) in [5, 5.41) is 6.63. The molecule has 1 unspecified atom stereocenters. The van der Waals surface area contributed by atoms with Gasteiger partial charge in [0.05, 0.1) is 12.2 Å². The molecule has 0 saturated heterocycles. The van der Waals surface area contributed by atoms with Crippen molar-refractivity contribution in [3.05, 3.63) is 28.8 Å². The number of anilines is 1. The highest BCUT2D eigenvalue weighted by Gasteiger charge is 2.68. The first-order valence-corrected chi connectivity index (χ1v) is 9.60. The van der Waals surface area contributed by atoms with Crippen molar-refractivity contribution in [2.45, 2.75) is 52.9 Å². The minimum absolute atomic E-state index is 0.0309. The molecule has 2 aliphatic carbocycles. The van der Waals surface area contributed by atoms with Gasteiger partial charge >= 0.3 is 0 Å². The van der Waals surface area contributed by atoms with Crippen LogP contribution in [0.3, 0.4) is 0 Å². The van der Waals surface area contributed by atoms with Crippen LogP contribution in [0.5, 0.6) is 0 Å². The fourth-order valence-electron chi connectivity index (χ4n) is 4.73. The second kappa shape index (κ2) is 6.25. The molecule has 1 aromatic heterocycles. The second-order valence-electron chi connectivity index (χ2n) is 8.23. The molecule has 1 aromatic rings. The van der Waals surface area contributed by atoms with Crippen molar-refractivity contribution in [2.75, 3.05) is 25.0 Å². The lowest BCUT2D eigenvalue weighted by Crippen LogP contribution is -2.39. The van der Waals surface area contributed by atoms with Gasteiger partial charge in [0.25, 0.3) is 5.91 Å². The molecule has 1 aliphatic heterocycles. The summed E-state index contributed by atoms with van der Waals surface area (Å²) in [5.41, 5.74) is 3.27. The van der Waals surface area contributed by atoms with E-state index in [0.29, 0.717) is 30.9 Å². The first-order chi connectivity index (χ1) is 12.4. The van der Waals surface area contributed by atoms with Gasteiger partial charge in [-0.25, -0.2) is 9.97 Å². The number of nitrogens with one attached hydrogen (secondary N) is 2. The van der Waals surface area contributed by atoms with Crippen LogP contribution >= 0.6 is 0 Å². The number of carbonyl (C=O) groups is 1. The maximum absolute atomic E-state index is 12.5. The number of rotatable bonds is 6. The Kier molecular flexibility index (Phi) is 4.16. The van der Waals surface area contributed by atoms with E-state index >= 15 is 0 Å². The van der Waals surface area contributed by atoms with Crippen LogP contribution < -0.4 is 10.6 Å². The molecule has 26 heavy (non-hydrogen) atoms. The highest BCUT2D eigenvalue weighted by Crippen LogP contribution is 2.73. The van der Waals surface area contributed by atoms with Gasteiger partial charge in [-0.05, 0) is 51.5 Å². The van der Waals surface area contributed by atoms with Gasteiger partial charge in [-0.1, -0.05) is 6.42 Å². The number of hydrogen-bond acceptors (Lipinski definition) is 5. The monoisotopic (exact) mass is 356 g/mol. The fraction of sp³-hybridized carbons (Fsp3) is 0.650. The maximum atomic E-state index is 12.5. The summed E-state index contributed by atoms with van der Waals surface area (Å²) in [6.45, 7) is 7.99. The maximum Gasteiger partial charge on any atom is 0.250 e. The van der Waals surface area contributed by atoms with E-state index in [2.05, 4.69) is 20.6 Å². The van der Waals surface area contributed by atoms with E-state index in [4.69, 9.17) is 4.74 Å². The molecule has 2 heterocycles. The molecule has 6 heteroatoms. The van der Waals surface area contributed by atoms with Crippen LogP contribution in [0.1, 0.15) is 50.4 Å². The smallest absolute Gasteiger partial charge is 0.250 e. The Morgan fingerprint density at radius 3 is 2.46 bits per heavy atom. The number of aromatic nitrogens is 2. The third-order valence-electron chi connectivity index (χ3n) is 6.51.